The molecule has 3 rings (SSSR count). The molecular formula is C16H18N4O. The summed E-state index contributed by atoms with van der Waals surface area (Å²) in [7, 11) is 0. The first kappa shape index (κ1) is 13.4. The first-order valence-electron chi connectivity index (χ1n) is 7.05. The van der Waals surface area contributed by atoms with Crippen molar-refractivity contribution < 1.29 is 4.79 Å². The molecule has 5 heteroatoms. The maximum absolute atomic E-state index is 11.7. The molecular weight excluding hydrogens is 264 g/mol. The molecule has 0 spiro atoms. The lowest BCUT2D eigenvalue weighted by atomic mass is 10.2. The van der Waals surface area contributed by atoms with Crippen molar-refractivity contribution in [3.8, 4) is 0 Å². The third-order valence-electron chi connectivity index (χ3n) is 3.42. The van der Waals surface area contributed by atoms with Crippen LogP contribution in [-0.4, -0.2) is 15.7 Å². The summed E-state index contributed by atoms with van der Waals surface area (Å²) in [5, 5.41) is 10.4. The van der Waals surface area contributed by atoms with Crippen molar-refractivity contribution in [1.29, 1.82) is 0 Å². The van der Waals surface area contributed by atoms with E-state index in [1.54, 1.807) is 17.1 Å². The van der Waals surface area contributed by atoms with Crippen LogP contribution in [0.3, 0.4) is 0 Å². The minimum absolute atomic E-state index is 0.124. The minimum atomic E-state index is 0.124. The number of hydrogen-bond donors (Lipinski definition) is 2. The summed E-state index contributed by atoms with van der Waals surface area (Å²) in [6.45, 7) is 4.34. The summed E-state index contributed by atoms with van der Waals surface area (Å²) in [6, 6.07) is 7.75. The molecule has 1 aromatic heterocycles. The Labute approximate surface area is 123 Å². The van der Waals surface area contributed by atoms with Gasteiger partial charge in [-0.15, -0.1) is 0 Å². The smallest absolute Gasteiger partial charge is 0.227 e. The predicted molar refractivity (Wildman–Crippen MR) is 83.7 cm³/mol. The van der Waals surface area contributed by atoms with Gasteiger partial charge in [0.15, 0.2) is 0 Å². The van der Waals surface area contributed by atoms with Crippen molar-refractivity contribution in [2.24, 2.45) is 5.92 Å². The third-order valence-corrected chi connectivity index (χ3v) is 3.42. The zero-order chi connectivity index (χ0) is 14.7. The van der Waals surface area contributed by atoms with Crippen LogP contribution in [0, 0.1) is 5.92 Å². The van der Waals surface area contributed by atoms with Gasteiger partial charge in [-0.2, -0.15) is 5.10 Å². The number of nitrogens with zero attached hydrogens (tertiary/aromatic N) is 2. The Bertz CT molecular complexity index is 658. The number of anilines is 2. The molecule has 1 fully saturated rings. The van der Waals surface area contributed by atoms with Crippen molar-refractivity contribution >= 4 is 23.5 Å². The molecule has 108 valence electrons. The molecule has 1 amide bonds. The first-order chi connectivity index (χ1) is 10.2. The van der Waals surface area contributed by atoms with Crippen LogP contribution in [0.25, 0.3) is 6.20 Å². The van der Waals surface area contributed by atoms with Gasteiger partial charge in [-0.3, -0.25) is 4.79 Å². The van der Waals surface area contributed by atoms with Crippen molar-refractivity contribution in [3.63, 3.8) is 0 Å². The van der Waals surface area contributed by atoms with Crippen LogP contribution in [0.5, 0.6) is 0 Å². The quantitative estimate of drug-likeness (QED) is 0.856. The highest BCUT2D eigenvalue weighted by Crippen LogP contribution is 2.30. The molecule has 21 heavy (non-hydrogen) atoms. The van der Waals surface area contributed by atoms with E-state index in [9.17, 15) is 4.79 Å². The van der Waals surface area contributed by atoms with Crippen molar-refractivity contribution in [2.45, 2.75) is 19.4 Å². The fourth-order valence-electron chi connectivity index (χ4n) is 2.07. The Kier molecular flexibility index (Phi) is 3.73. The second-order valence-corrected chi connectivity index (χ2v) is 5.21. The van der Waals surface area contributed by atoms with Gasteiger partial charge in [-0.25, -0.2) is 4.68 Å². The number of benzene rings is 1. The number of carbonyl (C=O) groups is 1. The number of rotatable bonds is 6. The Balaban J connectivity index is 1.59. The normalized spacial score (nSPS) is 13.7. The van der Waals surface area contributed by atoms with Gasteiger partial charge in [0, 0.05) is 41.8 Å². The Morgan fingerprint density at radius 3 is 2.95 bits per heavy atom. The van der Waals surface area contributed by atoms with E-state index >= 15 is 0 Å². The predicted octanol–water partition coefficient (Wildman–Crippen LogP) is 2.94. The molecule has 2 aromatic rings. The van der Waals surface area contributed by atoms with Gasteiger partial charge in [0.25, 0.3) is 0 Å². The van der Waals surface area contributed by atoms with Crippen LogP contribution in [-0.2, 0) is 11.3 Å². The Morgan fingerprint density at radius 2 is 2.24 bits per heavy atom. The Morgan fingerprint density at radius 1 is 1.43 bits per heavy atom. The van der Waals surface area contributed by atoms with E-state index in [-0.39, 0.29) is 11.8 Å². The molecule has 2 N–H and O–H groups in total. The highest BCUT2D eigenvalue weighted by molar-refractivity contribution is 5.94. The van der Waals surface area contributed by atoms with Crippen LogP contribution >= 0.6 is 0 Å². The molecule has 0 bridgehead atoms. The number of amides is 1. The average Bonchev–Trinajstić information content (AvgIpc) is 3.25. The number of hydrogen-bond acceptors (Lipinski definition) is 3. The minimum Gasteiger partial charge on any atom is -0.381 e. The molecule has 0 unspecified atom stereocenters. The number of carbonyl (C=O) groups excluding carboxylic acids is 1. The monoisotopic (exact) mass is 282 g/mol. The van der Waals surface area contributed by atoms with Crippen molar-refractivity contribution in [3.05, 3.63) is 48.8 Å². The van der Waals surface area contributed by atoms with E-state index in [1.165, 1.54) is 0 Å². The molecule has 0 atom stereocenters. The summed E-state index contributed by atoms with van der Waals surface area (Å²) in [4.78, 5) is 11.7. The molecule has 5 nitrogen and oxygen atoms in total. The van der Waals surface area contributed by atoms with E-state index in [2.05, 4.69) is 22.3 Å². The maximum atomic E-state index is 11.7. The lowest BCUT2D eigenvalue weighted by Crippen LogP contribution is -2.13. The van der Waals surface area contributed by atoms with Crippen molar-refractivity contribution in [2.75, 3.05) is 10.6 Å². The van der Waals surface area contributed by atoms with Gasteiger partial charge in [0.05, 0.1) is 6.20 Å². The average molecular weight is 282 g/mol. The van der Waals surface area contributed by atoms with Gasteiger partial charge in [-0.1, -0.05) is 12.6 Å². The molecule has 1 heterocycles. The highest BCUT2D eigenvalue weighted by Gasteiger charge is 2.29. The van der Waals surface area contributed by atoms with Gasteiger partial charge >= 0.3 is 0 Å². The van der Waals surface area contributed by atoms with Crippen molar-refractivity contribution in [1.82, 2.24) is 9.78 Å². The zero-order valence-electron chi connectivity index (χ0n) is 11.7. The topological polar surface area (TPSA) is 59.0 Å². The summed E-state index contributed by atoms with van der Waals surface area (Å²) in [5.74, 6) is 0.339. The third kappa shape index (κ3) is 3.51. The van der Waals surface area contributed by atoms with E-state index in [1.807, 2.05) is 30.5 Å². The lowest BCUT2D eigenvalue weighted by molar-refractivity contribution is -0.117. The standard InChI is InChI=1S/C16H18N4O/c1-2-20-11-12(10-18-20)9-17-14-4-3-5-15(8-14)19-16(21)13-6-7-13/h2-5,8,10-11,13,17H,1,6-7,9H2,(H,19,21). The fourth-order valence-corrected chi connectivity index (χ4v) is 2.07. The summed E-state index contributed by atoms with van der Waals surface area (Å²) >= 11 is 0. The number of nitrogens with one attached hydrogen (secondary N) is 2. The molecule has 1 aliphatic rings. The molecule has 1 aromatic carbocycles. The SMILES string of the molecule is C=Cn1cc(CNc2cccc(NC(=O)C3CC3)c2)cn1. The van der Waals surface area contributed by atoms with Crippen LogP contribution in [0.4, 0.5) is 11.4 Å². The second kappa shape index (κ2) is 5.83. The van der Waals surface area contributed by atoms with Gasteiger partial charge < -0.3 is 10.6 Å². The largest absolute Gasteiger partial charge is 0.381 e. The summed E-state index contributed by atoms with van der Waals surface area (Å²) in [6.07, 6.45) is 7.39. The Hall–Kier alpha value is -2.56. The lowest BCUT2D eigenvalue weighted by Gasteiger charge is -2.08. The molecule has 0 saturated heterocycles. The zero-order valence-corrected chi connectivity index (χ0v) is 11.7. The van der Waals surface area contributed by atoms with Crippen LogP contribution in [0.1, 0.15) is 18.4 Å². The molecule has 0 aliphatic heterocycles. The van der Waals surface area contributed by atoms with Crippen LogP contribution < -0.4 is 10.6 Å². The molecule has 0 radical (unpaired) electrons. The second-order valence-electron chi connectivity index (χ2n) is 5.21. The highest BCUT2D eigenvalue weighted by atomic mass is 16.2. The van der Waals surface area contributed by atoms with Gasteiger partial charge in [0.1, 0.15) is 0 Å². The van der Waals surface area contributed by atoms with E-state index in [0.717, 1.165) is 29.8 Å². The van der Waals surface area contributed by atoms with Crippen LogP contribution in [0.15, 0.2) is 43.2 Å². The van der Waals surface area contributed by atoms with E-state index in [4.69, 9.17) is 0 Å². The fraction of sp³-hybridized carbons (Fsp3) is 0.250. The first-order valence-corrected chi connectivity index (χ1v) is 7.05. The molecule has 1 saturated carbocycles. The summed E-state index contributed by atoms with van der Waals surface area (Å²) in [5.41, 5.74) is 2.87. The van der Waals surface area contributed by atoms with Gasteiger partial charge in [0.2, 0.25) is 5.91 Å². The molecule has 1 aliphatic carbocycles. The van der Waals surface area contributed by atoms with Crippen LogP contribution in [0.2, 0.25) is 0 Å². The van der Waals surface area contributed by atoms with E-state index in [0.29, 0.717) is 6.54 Å². The maximum Gasteiger partial charge on any atom is 0.227 e. The summed E-state index contributed by atoms with van der Waals surface area (Å²) < 4.78 is 1.67. The van der Waals surface area contributed by atoms with Gasteiger partial charge in [-0.05, 0) is 31.0 Å². The van der Waals surface area contributed by atoms with E-state index < -0.39 is 0 Å². The number of aromatic nitrogens is 2.